The lowest BCUT2D eigenvalue weighted by atomic mass is 10.2. The van der Waals surface area contributed by atoms with Crippen LogP contribution in [0.5, 0.6) is 0 Å². The zero-order valence-electron chi connectivity index (χ0n) is 6.63. The van der Waals surface area contributed by atoms with Crippen LogP contribution in [0.15, 0.2) is 6.20 Å². The molecule has 0 aliphatic carbocycles. The lowest BCUT2D eigenvalue weighted by Gasteiger charge is -1.96. The van der Waals surface area contributed by atoms with Crippen molar-refractivity contribution in [3.05, 3.63) is 17.5 Å². The summed E-state index contributed by atoms with van der Waals surface area (Å²) in [6.45, 7) is 1.83. The van der Waals surface area contributed by atoms with E-state index in [1.165, 1.54) is 0 Å². The van der Waals surface area contributed by atoms with E-state index in [9.17, 15) is 0 Å². The van der Waals surface area contributed by atoms with Gasteiger partial charge in [-0.25, -0.2) is 9.97 Å². The molecule has 1 aromatic rings. The van der Waals surface area contributed by atoms with Crippen molar-refractivity contribution in [2.45, 2.75) is 6.92 Å². The van der Waals surface area contributed by atoms with Gasteiger partial charge in [0.15, 0.2) is 0 Å². The molecule has 1 rings (SSSR count). The van der Waals surface area contributed by atoms with Gasteiger partial charge < -0.3 is 5.73 Å². The number of aromatic nitrogens is 2. The Labute approximate surface area is 76.0 Å². The molecular weight excluding hydrogens is 174 g/mol. The van der Waals surface area contributed by atoms with E-state index in [4.69, 9.17) is 17.3 Å². The van der Waals surface area contributed by atoms with Crippen molar-refractivity contribution in [1.29, 1.82) is 0 Å². The van der Waals surface area contributed by atoms with Gasteiger partial charge >= 0.3 is 0 Å². The fourth-order valence-corrected chi connectivity index (χ4v) is 0.803. The van der Waals surface area contributed by atoms with E-state index in [0.29, 0.717) is 5.88 Å². The number of nitrogens with zero attached hydrogens (tertiary/aromatic N) is 2. The summed E-state index contributed by atoms with van der Waals surface area (Å²) in [5.41, 5.74) is 6.91. The Morgan fingerprint density at radius 1 is 1.67 bits per heavy atom. The van der Waals surface area contributed by atoms with Gasteiger partial charge in [-0.3, -0.25) is 0 Å². The predicted octanol–water partition coefficient (Wildman–Crippen LogP) is 0.958. The number of nitrogens with two attached hydrogens (primary N) is 1. The zero-order chi connectivity index (χ0) is 8.97. The highest BCUT2D eigenvalue weighted by Gasteiger charge is 1.96. The largest absolute Gasteiger partial charge is 0.368 e. The summed E-state index contributed by atoms with van der Waals surface area (Å²) < 4.78 is 0. The minimum Gasteiger partial charge on any atom is -0.368 e. The number of rotatable bonds is 0. The first-order valence-electron chi connectivity index (χ1n) is 3.38. The van der Waals surface area contributed by atoms with Crippen LogP contribution in [0.1, 0.15) is 11.3 Å². The normalized spacial score (nSPS) is 8.83. The van der Waals surface area contributed by atoms with Gasteiger partial charge in [-0.2, -0.15) is 0 Å². The van der Waals surface area contributed by atoms with E-state index in [-0.39, 0.29) is 5.95 Å². The number of hydrogen-bond acceptors (Lipinski definition) is 3. The molecule has 0 aromatic carbocycles. The van der Waals surface area contributed by atoms with E-state index in [1.807, 2.05) is 6.92 Å². The Bertz CT molecular complexity index is 338. The first kappa shape index (κ1) is 8.82. The zero-order valence-corrected chi connectivity index (χ0v) is 7.39. The van der Waals surface area contributed by atoms with Gasteiger partial charge in [-0.05, 0) is 6.92 Å². The molecule has 0 unspecified atom stereocenters. The van der Waals surface area contributed by atoms with Gasteiger partial charge in [-0.1, -0.05) is 11.8 Å². The van der Waals surface area contributed by atoms with Crippen LogP contribution in [0.4, 0.5) is 5.95 Å². The number of nitrogen functional groups attached to an aromatic ring is 1. The third-order valence-corrected chi connectivity index (χ3v) is 1.42. The number of anilines is 1. The van der Waals surface area contributed by atoms with Gasteiger partial charge in [0.05, 0.1) is 17.1 Å². The summed E-state index contributed by atoms with van der Waals surface area (Å²) in [5, 5.41) is 0. The Kier molecular flexibility index (Phi) is 2.89. The maximum absolute atomic E-state index is 5.40. The molecule has 0 saturated heterocycles. The molecule has 0 aliphatic rings. The molecule has 4 heteroatoms. The van der Waals surface area contributed by atoms with Crippen LogP contribution in [0.2, 0.25) is 0 Å². The smallest absolute Gasteiger partial charge is 0.220 e. The fourth-order valence-electron chi connectivity index (χ4n) is 0.736. The average molecular weight is 182 g/mol. The summed E-state index contributed by atoms with van der Waals surface area (Å²) in [5.74, 6) is 6.12. The van der Waals surface area contributed by atoms with Gasteiger partial charge in [0.1, 0.15) is 0 Å². The molecule has 3 nitrogen and oxygen atoms in total. The maximum atomic E-state index is 5.40. The average Bonchev–Trinajstić information content (AvgIpc) is 2.03. The predicted molar refractivity (Wildman–Crippen MR) is 48.8 cm³/mol. The third kappa shape index (κ3) is 2.11. The lowest BCUT2D eigenvalue weighted by molar-refractivity contribution is 1.11. The second kappa shape index (κ2) is 3.93. The molecule has 0 fully saturated rings. The van der Waals surface area contributed by atoms with Crippen molar-refractivity contribution in [3.63, 3.8) is 0 Å². The van der Waals surface area contributed by atoms with E-state index in [0.717, 1.165) is 11.3 Å². The molecule has 0 saturated carbocycles. The first-order valence-corrected chi connectivity index (χ1v) is 3.91. The van der Waals surface area contributed by atoms with Crippen LogP contribution in [-0.2, 0) is 0 Å². The van der Waals surface area contributed by atoms with Crippen LogP contribution >= 0.6 is 11.6 Å². The molecular formula is C8H8ClN3. The number of hydrogen-bond donors (Lipinski definition) is 1. The highest BCUT2D eigenvalue weighted by atomic mass is 35.5. The number of aryl methyl sites for hydroxylation is 1. The topological polar surface area (TPSA) is 51.8 Å². The monoisotopic (exact) mass is 181 g/mol. The molecule has 1 aromatic heterocycles. The fraction of sp³-hybridized carbons (Fsp3) is 0.250. The minimum atomic E-state index is 0.268. The molecule has 0 amide bonds. The molecule has 0 aliphatic heterocycles. The van der Waals surface area contributed by atoms with E-state index in [2.05, 4.69) is 21.8 Å². The van der Waals surface area contributed by atoms with Crippen molar-refractivity contribution in [2.75, 3.05) is 11.6 Å². The second-order valence-electron chi connectivity index (χ2n) is 2.16. The Hall–Kier alpha value is -1.27. The van der Waals surface area contributed by atoms with Gasteiger partial charge in [0.25, 0.3) is 0 Å². The first-order chi connectivity index (χ1) is 5.74. The molecule has 62 valence electrons. The lowest BCUT2D eigenvalue weighted by Crippen LogP contribution is -1.98. The Morgan fingerprint density at radius 2 is 2.42 bits per heavy atom. The van der Waals surface area contributed by atoms with Crippen LogP contribution in [0.25, 0.3) is 0 Å². The molecule has 12 heavy (non-hydrogen) atoms. The Morgan fingerprint density at radius 3 is 3.00 bits per heavy atom. The van der Waals surface area contributed by atoms with Crippen molar-refractivity contribution < 1.29 is 0 Å². The second-order valence-corrected chi connectivity index (χ2v) is 2.43. The highest BCUT2D eigenvalue weighted by Crippen LogP contribution is 2.02. The van der Waals surface area contributed by atoms with Crippen LogP contribution in [0.3, 0.4) is 0 Å². The maximum Gasteiger partial charge on any atom is 0.220 e. The highest BCUT2D eigenvalue weighted by molar-refractivity contribution is 6.19. The molecule has 0 atom stereocenters. The Balaban J connectivity index is 3.01. The third-order valence-electron chi connectivity index (χ3n) is 1.29. The van der Waals surface area contributed by atoms with E-state index in [1.54, 1.807) is 6.20 Å². The molecule has 0 radical (unpaired) electrons. The van der Waals surface area contributed by atoms with Crippen LogP contribution < -0.4 is 5.73 Å². The summed E-state index contributed by atoms with van der Waals surface area (Å²) in [6.07, 6.45) is 1.59. The molecule has 2 N–H and O–H groups in total. The SMILES string of the molecule is Cc1nc(N)ncc1C#CCCl. The quantitative estimate of drug-likeness (QED) is 0.479. The van der Waals surface area contributed by atoms with E-state index < -0.39 is 0 Å². The summed E-state index contributed by atoms with van der Waals surface area (Å²) in [6, 6.07) is 0. The van der Waals surface area contributed by atoms with Gasteiger partial charge in [0.2, 0.25) is 5.95 Å². The molecule has 1 heterocycles. The van der Waals surface area contributed by atoms with Gasteiger partial charge in [-0.15, -0.1) is 11.6 Å². The van der Waals surface area contributed by atoms with Crippen molar-refractivity contribution in [3.8, 4) is 11.8 Å². The summed E-state index contributed by atoms with van der Waals surface area (Å²) in [7, 11) is 0. The molecule has 0 bridgehead atoms. The summed E-state index contributed by atoms with van der Waals surface area (Å²) in [4.78, 5) is 7.76. The van der Waals surface area contributed by atoms with Gasteiger partial charge in [0, 0.05) is 6.20 Å². The standard InChI is InChI=1S/C8H8ClN3/c1-6-7(3-2-4-9)5-11-8(10)12-6/h5H,4H2,1H3,(H2,10,11,12). The van der Waals surface area contributed by atoms with Crippen molar-refractivity contribution in [2.24, 2.45) is 0 Å². The number of halogens is 1. The van der Waals surface area contributed by atoms with Crippen molar-refractivity contribution in [1.82, 2.24) is 9.97 Å². The van der Waals surface area contributed by atoms with Crippen LogP contribution in [-0.4, -0.2) is 15.8 Å². The van der Waals surface area contributed by atoms with Crippen LogP contribution in [0, 0.1) is 18.8 Å². The molecule has 0 spiro atoms. The summed E-state index contributed by atoms with van der Waals surface area (Å²) >= 11 is 5.40. The minimum absolute atomic E-state index is 0.268. The van der Waals surface area contributed by atoms with Crippen molar-refractivity contribution >= 4 is 17.5 Å². The number of alkyl halides is 1. The van der Waals surface area contributed by atoms with E-state index >= 15 is 0 Å².